The van der Waals surface area contributed by atoms with Gasteiger partial charge in [0.05, 0.1) is 5.56 Å². The molecule has 1 aliphatic carbocycles. The zero-order chi connectivity index (χ0) is 18.5. The molecule has 0 atom stereocenters. The molecule has 132 valence electrons. The van der Waals surface area contributed by atoms with E-state index in [-0.39, 0.29) is 17.0 Å². The third-order valence-electron chi connectivity index (χ3n) is 4.91. The van der Waals surface area contributed by atoms with Gasteiger partial charge in [0, 0.05) is 23.8 Å². The second kappa shape index (κ2) is 5.84. The Labute approximate surface area is 151 Å². The zero-order valence-corrected chi connectivity index (χ0v) is 15.1. The molecular weight excluding hydrogens is 328 g/mol. The summed E-state index contributed by atoms with van der Waals surface area (Å²) in [4.78, 5) is 25.2. The van der Waals surface area contributed by atoms with Crippen molar-refractivity contribution >= 4 is 22.5 Å². The molecule has 0 amide bonds. The summed E-state index contributed by atoms with van der Waals surface area (Å²) in [7, 11) is 0. The summed E-state index contributed by atoms with van der Waals surface area (Å²) in [6.07, 6.45) is 1.09. The average molecular weight is 348 g/mol. The van der Waals surface area contributed by atoms with Crippen molar-refractivity contribution in [1.29, 1.82) is 0 Å². The van der Waals surface area contributed by atoms with Crippen molar-refractivity contribution in [3.05, 3.63) is 65.1 Å². The van der Waals surface area contributed by atoms with Crippen LogP contribution in [-0.2, 0) is 6.42 Å². The summed E-state index contributed by atoms with van der Waals surface area (Å²) in [5.41, 5.74) is 0.963. The number of fused-ring (bicyclic) bond motifs is 2. The van der Waals surface area contributed by atoms with Gasteiger partial charge < -0.3 is 9.15 Å². The molecule has 2 aromatic carbocycles. The fraction of sp³-hybridized carbons (Fsp3) is 0.273. The maximum atomic E-state index is 12.7. The van der Waals surface area contributed by atoms with E-state index in [0.29, 0.717) is 35.5 Å². The smallest absolute Gasteiger partial charge is 0.379 e. The van der Waals surface area contributed by atoms with Gasteiger partial charge in [-0.15, -0.1) is 0 Å². The van der Waals surface area contributed by atoms with Crippen LogP contribution in [0.4, 0.5) is 0 Å². The number of furan rings is 1. The van der Waals surface area contributed by atoms with Gasteiger partial charge in [-0.2, -0.15) is 0 Å². The maximum absolute atomic E-state index is 12.7. The summed E-state index contributed by atoms with van der Waals surface area (Å²) in [5, 5.41) is 1.85. The molecule has 1 heterocycles. The van der Waals surface area contributed by atoms with Gasteiger partial charge in [0.1, 0.15) is 11.5 Å². The van der Waals surface area contributed by atoms with E-state index < -0.39 is 5.97 Å². The lowest BCUT2D eigenvalue weighted by Gasteiger charge is -2.27. The monoisotopic (exact) mass is 348 g/mol. The van der Waals surface area contributed by atoms with Crippen LogP contribution in [0.25, 0.3) is 10.8 Å². The number of esters is 1. The van der Waals surface area contributed by atoms with Crippen LogP contribution in [0, 0.1) is 12.3 Å². The molecule has 1 aliphatic rings. The Morgan fingerprint density at radius 1 is 1.08 bits per heavy atom. The van der Waals surface area contributed by atoms with Crippen LogP contribution >= 0.6 is 0 Å². The van der Waals surface area contributed by atoms with E-state index in [9.17, 15) is 9.59 Å². The molecule has 0 radical (unpaired) electrons. The standard InChI is InChI=1S/C22H20O4/c1-13-19-16(23)11-22(2,3)12-18(19)25-20(13)21(24)26-17-10-6-8-14-7-4-5-9-15(14)17/h4-10H,11-12H2,1-3H3. The van der Waals surface area contributed by atoms with E-state index in [4.69, 9.17) is 9.15 Å². The van der Waals surface area contributed by atoms with Gasteiger partial charge in [-0.05, 0) is 23.8 Å². The van der Waals surface area contributed by atoms with Crippen LogP contribution in [0.2, 0.25) is 0 Å². The van der Waals surface area contributed by atoms with Crippen molar-refractivity contribution in [2.45, 2.75) is 33.6 Å². The summed E-state index contributed by atoms with van der Waals surface area (Å²) in [6.45, 7) is 5.80. The second-order valence-electron chi connectivity index (χ2n) is 7.66. The number of ketones is 1. The Morgan fingerprint density at radius 2 is 1.81 bits per heavy atom. The van der Waals surface area contributed by atoms with Gasteiger partial charge in [-0.1, -0.05) is 50.2 Å². The van der Waals surface area contributed by atoms with Crippen molar-refractivity contribution < 1.29 is 18.7 Å². The molecular formula is C22H20O4. The number of ether oxygens (including phenoxy) is 1. The molecule has 4 rings (SSSR count). The van der Waals surface area contributed by atoms with E-state index in [2.05, 4.69) is 0 Å². The molecule has 26 heavy (non-hydrogen) atoms. The molecule has 4 nitrogen and oxygen atoms in total. The minimum Gasteiger partial charge on any atom is -0.453 e. The zero-order valence-electron chi connectivity index (χ0n) is 15.1. The number of hydrogen-bond acceptors (Lipinski definition) is 4. The Morgan fingerprint density at radius 3 is 2.62 bits per heavy atom. The summed E-state index contributed by atoms with van der Waals surface area (Å²) in [6, 6.07) is 13.3. The fourth-order valence-electron chi connectivity index (χ4n) is 3.71. The summed E-state index contributed by atoms with van der Waals surface area (Å²) < 4.78 is 11.4. The van der Waals surface area contributed by atoms with Crippen LogP contribution < -0.4 is 4.74 Å². The number of Topliss-reactive ketones (excluding diaryl/α,β-unsaturated/α-hetero) is 1. The first-order valence-corrected chi connectivity index (χ1v) is 8.71. The molecule has 0 bridgehead atoms. The van der Waals surface area contributed by atoms with Gasteiger partial charge in [-0.3, -0.25) is 4.79 Å². The highest BCUT2D eigenvalue weighted by atomic mass is 16.5. The lowest BCUT2D eigenvalue weighted by molar-refractivity contribution is 0.0697. The van der Waals surface area contributed by atoms with Crippen LogP contribution in [0.5, 0.6) is 5.75 Å². The quantitative estimate of drug-likeness (QED) is 0.477. The fourth-order valence-corrected chi connectivity index (χ4v) is 3.71. The molecule has 0 N–H and O–H groups in total. The first-order valence-electron chi connectivity index (χ1n) is 8.71. The lowest BCUT2D eigenvalue weighted by Crippen LogP contribution is -2.26. The van der Waals surface area contributed by atoms with E-state index in [1.54, 1.807) is 13.0 Å². The van der Waals surface area contributed by atoms with E-state index in [0.717, 1.165) is 10.8 Å². The van der Waals surface area contributed by atoms with Crippen LogP contribution in [0.1, 0.15) is 52.5 Å². The topological polar surface area (TPSA) is 56.5 Å². The molecule has 0 saturated carbocycles. The Hall–Kier alpha value is -2.88. The average Bonchev–Trinajstić information content (AvgIpc) is 2.90. The molecule has 4 heteroatoms. The van der Waals surface area contributed by atoms with Crippen molar-refractivity contribution in [3.8, 4) is 5.75 Å². The number of hydrogen-bond donors (Lipinski definition) is 0. The van der Waals surface area contributed by atoms with Crippen LogP contribution in [-0.4, -0.2) is 11.8 Å². The van der Waals surface area contributed by atoms with E-state index in [1.165, 1.54) is 0 Å². The van der Waals surface area contributed by atoms with Crippen LogP contribution in [0.15, 0.2) is 46.9 Å². The number of benzene rings is 2. The maximum Gasteiger partial charge on any atom is 0.379 e. The lowest BCUT2D eigenvalue weighted by atomic mass is 9.76. The largest absolute Gasteiger partial charge is 0.453 e. The van der Waals surface area contributed by atoms with Gasteiger partial charge >= 0.3 is 5.97 Å². The van der Waals surface area contributed by atoms with Gasteiger partial charge in [0.2, 0.25) is 5.76 Å². The molecule has 0 fully saturated rings. The Kier molecular flexibility index (Phi) is 3.72. The SMILES string of the molecule is Cc1c(C(=O)Oc2cccc3ccccc23)oc2c1C(=O)CC(C)(C)C2. The normalized spacial score (nSPS) is 15.7. The highest BCUT2D eigenvalue weighted by Gasteiger charge is 2.37. The Bertz CT molecular complexity index is 1030. The van der Waals surface area contributed by atoms with Gasteiger partial charge in [-0.25, -0.2) is 4.79 Å². The van der Waals surface area contributed by atoms with Crippen LogP contribution in [0.3, 0.4) is 0 Å². The minimum atomic E-state index is -0.571. The number of carbonyl (C=O) groups is 2. The highest BCUT2D eigenvalue weighted by molar-refractivity contribution is 6.03. The predicted molar refractivity (Wildman–Crippen MR) is 98.8 cm³/mol. The van der Waals surface area contributed by atoms with Crippen molar-refractivity contribution in [1.82, 2.24) is 0 Å². The van der Waals surface area contributed by atoms with Crippen molar-refractivity contribution in [2.24, 2.45) is 5.41 Å². The third-order valence-corrected chi connectivity index (χ3v) is 4.91. The van der Waals surface area contributed by atoms with Gasteiger partial charge in [0.15, 0.2) is 5.78 Å². The second-order valence-corrected chi connectivity index (χ2v) is 7.66. The predicted octanol–water partition coefficient (Wildman–Crippen LogP) is 5.12. The Balaban J connectivity index is 1.71. The third kappa shape index (κ3) is 2.71. The summed E-state index contributed by atoms with van der Waals surface area (Å²) in [5.74, 6) is 0.650. The first kappa shape index (κ1) is 16.6. The first-order chi connectivity index (χ1) is 12.4. The molecule has 3 aromatic rings. The molecule has 1 aromatic heterocycles. The molecule has 0 unspecified atom stereocenters. The van der Waals surface area contributed by atoms with E-state index in [1.807, 2.05) is 50.2 Å². The molecule has 0 aliphatic heterocycles. The van der Waals surface area contributed by atoms with E-state index >= 15 is 0 Å². The number of carbonyl (C=O) groups excluding carboxylic acids is 2. The minimum absolute atomic E-state index is 0.0294. The van der Waals surface area contributed by atoms with Crippen molar-refractivity contribution in [3.63, 3.8) is 0 Å². The van der Waals surface area contributed by atoms with Gasteiger partial charge in [0.25, 0.3) is 0 Å². The number of rotatable bonds is 2. The van der Waals surface area contributed by atoms with Crippen molar-refractivity contribution in [2.75, 3.05) is 0 Å². The highest BCUT2D eigenvalue weighted by Crippen LogP contribution is 2.38. The summed E-state index contributed by atoms with van der Waals surface area (Å²) >= 11 is 0. The molecule has 0 saturated heterocycles. The molecule has 0 spiro atoms.